The van der Waals surface area contributed by atoms with Gasteiger partial charge in [-0.15, -0.1) is 0 Å². The van der Waals surface area contributed by atoms with Crippen LogP contribution in [0.2, 0.25) is 0 Å². The van der Waals surface area contributed by atoms with E-state index in [-0.39, 0.29) is 11.6 Å². The summed E-state index contributed by atoms with van der Waals surface area (Å²) in [5.74, 6) is 0.281. The zero-order chi connectivity index (χ0) is 19.1. The van der Waals surface area contributed by atoms with Crippen LogP contribution in [0.3, 0.4) is 0 Å². The van der Waals surface area contributed by atoms with E-state index < -0.39 is 4.92 Å². The van der Waals surface area contributed by atoms with Gasteiger partial charge in [0.05, 0.1) is 28.8 Å². The smallest absolute Gasteiger partial charge is 0.273 e. The van der Waals surface area contributed by atoms with E-state index in [1.54, 1.807) is 18.2 Å². The van der Waals surface area contributed by atoms with Crippen molar-refractivity contribution in [2.75, 3.05) is 13.2 Å². The number of nitrogens with zero attached hydrogens (tertiary/aromatic N) is 2. The zero-order valence-electron chi connectivity index (χ0n) is 14.6. The summed E-state index contributed by atoms with van der Waals surface area (Å²) in [7, 11) is 0. The molecule has 1 aromatic heterocycles. The van der Waals surface area contributed by atoms with Gasteiger partial charge >= 0.3 is 0 Å². The molecular weight excluding hydrogens is 346 g/mol. The molecule has 0 radical (unpaired) electrons. The lowest BCUT2D eigenvalue weighted by atomic mass is 10.1. The molecule has 0 spiro atoms. The van der Waals surface area contributed by atoms with Crippen LogP contribution in [0, 0.1) is 10.1 Å². The molecule has 7 heteroatoms. The Morgan fingerprint density at radius 1 is 1.07 bits per heavy atom. The molecule has 27 heavy (non-hydrogen) atoms. The Hall–Kier alpha value is -3.61. The number of para-hydroxylation sites is 1. The van der Waals surface area contributed by atoms with Gasteiger partial charge in [0.15, 0.2) is 0 Å². The number of ether oxygens (including phenoxy) is 1. The second-order valence-electron chi connectivity index (χ2n) is 5.82. The lowest BCUT2D eigenvalue weighted by Gasteiger charge is -2.11. The van der Waals surface area contributed by atoms with E-state index in [1.165, 1.54) is 12.1 Å². The van der Waals surface area contributed by atoms with Crippen molar-refractivity contribution in [3.63, 3.8) is 0 Å². The number of nitro benzene ring substituents is 1. The van der Waals surface area contributed by atoms with E-state index in [0.29, 0.717) is 30.9 Å². The molecule has 3 aromatic rings. The predicted octanol–water partition coefficient (Wildman–Crippen LogP) is 3.58. The molecule has 1 N–H and O–H groups in total. The van der Waals surface area contributed by atoms with Crippen LogP contribution in [0.15, 0.2) is 73.1 Å². The quantitative estimate of drug-likeness (QED) is 0.375. The number of non-ortho nitro benzene ring substituents is 1. The summed E-state index contributed by atoms with van der Waals surface area (Å²) in [5.41, 5.74) is 1.39. The minimum absolute atomic E-state index is 0.0116. The highest BCUT2D eigenvalue weighted by Gasteiger charge is 2.11. The van der Waals surface area contributed by atoms with Crippen LogP contribution >= 0.6 is 0 Å². The Bertz CT molecular complexity index is 922. The van der Waals surface area contributed by atoms with Crippen LogP contribution in [-0.4, -0.2) is 28.5 Å². The topological polar surface area (TPSA) is 86.4 Å². The third-order valence-corrected chi connectivity index (χ3v) is 3.94. The van der Waals surface area contributed by atoms with Gasteiger partial charge in [-0.25, -0.2) is 0 Å². The van der Waals surface area contributed by atoms with Crippen molar-refractivity contribution in [3.8, 4) is 11.4 Å². The minimum Gasteiger partial charge on any atom is -0.493 e. The van der Waals surface area contributed by atoms with Gasteiger partial charge in [-0.2, -0.15) is 0 Å². The average Bonchev–Trinajstić information content (AvgIpc) is 3.22. The fraction of sp³-hybridized carbons (Fsp3) is 0.150. The van der Waals surface area contributed by atoms with Crippen molar-refractivity contribution in [2.45, 2.75) is 6.42 Å². The fourth-order valence-electron chi connectivity index (χ4n) is 2.63. The zero-order valence-corrected chi connectivity index (χ0v) is 14.6. The van der Waals surface area contributed by atoms with Gasteiger partial charge in [0, 0.05) is 25.0 Å². The molecule has 0 saturated heterocycles. The molecule has 0 aliphatic rings. The SMILES string of the molecule is O=C(NCCCOc1cccc([N+](=O)[O-])c1)c1ccccc1-n1cccc1. The van der Waals surface area contributed by atoms with Gasteiger partial charge in [-0.05, 0) is 36.8 Å². The maximum absolute atomic E-state index is 12.5. The summed E-state index contributed by atoms with van der Waals surface area (Å²) in [6.07, 6.45) is 4.36. The first-order valence-electron chi connectivity index (χ1n) is 8.53. The van der Waals surface area contributed by atoms with E-state index in [4.69, 9.17) is 4.74 Å². The molecule has 2 aromatic carbocycles. The van der Waals surface area contributed by atoms with Gasteiger partial charge in [0.1, 0.15) is 5.75 Å². The molecule has 1 amide bonds. The molecule has 0 atom stereocenters. The van der Waals surface area contributed by atoms with Crippen molar-refractivity contribution < 1.29 is 14.5 Å². The molecule has 0 bridgehead atoms. The van der Waals surface area contributed by atoms with E-state index in [1.807, 2.05) is 47.3 Å². The number of rotatable bonds is 8. The van der Waals surface area contributed by atoms with Crippen molar-refractivity contribution in [1.82, 2.24) is 9.88 Å². The molecule has 1 heterocycles. The van der Waals surface area contributed by atoms with Crippen LogP contribution in [0.1, 0.15) is 16.8 Å². The molecule has 7 nitrogen and oxygen atoms in total. The Morgan fingerprint density at radius 2 is 1.85 bits per heavy atom. The van der Waals surface area contributed by atoms with Crippen LogP contribution in [0.4, 0.5) is 5.69 Å². The molecule has 0 aliphatic carbocycles. The van der Waals surface area contributed by atoms with E-state index in [2.05, 4.69) is 5.32 Å². The molecule has 0 unspecified atom stereocenters. The van der Waals surface area contributed by atoms with Gasteiger partial charge in [-0.3, -0.25) is 14.9 Å². The summed E-state index contributed by atoms with van der Waals surface area (Å²) in [5, 5.41) is 13.6. The highest BCUT2D eigenvalue weighted by Crippen LogP contribution is 2.19. The van der Waals surface area contributed by atoms with E-state index >= 15 is 0 Å². The monoisotopic (exact) mass is 365 g/mol. The number of carbonyl (C=O) groups excluding carboxylic acids is 1. The van der Waals surface area contributed by atoms with Crippen LogP contribution in [0.5, 0.6) is 5.75 Å². The minimum atomic E-state index is -0.463. The standard InChI is InChI=1S/C20H19N3O4/c24-20(18-9-1-2-10-19(18)22-12-3-4-13-22)21-11-6-14-27-17-8-5-7-16(15-17)23(25)26/h1-5,7-10,12-13,15H,6,11,14H2,(H,21,24). The lowest BCUT2D eigenvalue weighted by molar-refractivity contribution is -0.384. The van der Waals surface area contributed by atoms with Gasteiger partial charge < -0.3 is 14.6 Å². The van der Waals surface area contributed by atoms with Gasteiger partial charge in [0.2, 0.25) is 0 Å². The summed E-state index contributed by atoms with van der Waals surface area (Å²) >= 11 is 0. The first kappa shape index (κ1) is 18.2. The summed E-state index contributed by atoms with van der Waals surface area (Å²) in [6, 6.07) is 17.2. The van der Waals surface area contributed by atoms with Gasteiger partial charge in [0.25, 0.3) is 11.6 Å². The number of hydrogen-bond acceptors (Lipinski definition) is 4. The molecule has 3 rings (SSSR count). The second-order valence-corrected chi connectivity index (χ2v) is 5.82. The highest BCUT2D eigenvalue weighted by atomic mass is 16.6. The number of amides is 1. The van der Waals surface area contributed by atoms with Crippen molar-refractivity contribution in [3.05, 3.63) is 88.7 Å². The summed E-state index contributed by atoms with van der Waals surface area (Å²) in [6.45, 7) is 0.786. The lowest BCUT2D eigenvalue weighted by Crippen LogP contribution is -2.26. The Labute approximate surface area is 156 Å². The summed E-state index contributed by atoms with van der Waals surface area (Å²) < 4.78 is 7.40. The average molecular weight is 365 g/mol. The first-order valence-corrected chi connectivity index (χ1v) is 8.53. The molecule has 0 fully saturated rings. The number of nitrogens with one attached hydrogen (secondary N) is 1. The van der Waals surface area contributed by atoms with Crippen LogP contribution < -0.4 is 10.1 Å². The maximum Gasteiger partial charge on any atom is 0.273 e. The van der Waals surface area contributed by atoms with Crippen LogP contribution in [-0.2, 0) is 0 Å². The van der Waals surface area contributed by atoms with E-state index in [0.717, 1.165) is 5.69 Å². The van der Waals surface area contributed by atoms with Crippen LogP contribution in [0.25, 0.3) is 5.69 Å². The largest absolute Gasteiger partial charge is 0.493 e. The molecule has 0 saturated carbocycles. The van der Waals surface area contributed by atoms with E-state index in [9.17, 15) is 14.9 Å². The molecule has 138 valence electrons. The number of carbonyl (C=O) groups is 1. The molecule has 0 aliphatic heterocycles. The predicted molar refractivity (Wildman–Crippen MR) is 101 cm³/mol. The summed E-state index contributed by atoms with van der Waals surface area (Å²) in [4.78, 5) is 22.8. The first-order chi connectivity index (χ1) is 13.1. The number of aromatic nitrogens is 1. The highest BCUT2D eigenvalue weighted by molar-refractivity contribution is 5.97. The third kappa shape index (κ3) is 4.72. The Balaban J connectivity index is 1.50. The maximum atomic E-state index is 12.5. The van der Waals surface area contributed by atoms with Crippen molar-refractivity contribution in [1.29, 1.82) is 0 Å². The second kappa shape index (κ2) is 8.66. The number of nitro groups is 1. The van der Waals surface area contributed by atoms with Gasteiger partial charge in [-0.1, -0.05) is 18.2 Å². The molecular formula is C20H19N3O4. The third-order valence-electron chi connectivity index (χ3n) is 3.94. The number of benzene rings is 2. The Kier molecular flexibility index (Phi) is 5.84. The fourth-order valence-corrected chi connectivity index (χ4v) is 2.63. The number of hydrogen-bond donors (Lipinski definition) is 1. The Morgan fingerprint density at radius 3 is 2.63 bits per heavy atom. The van der Waals surface area contributed by atoms with Crippen molar-refractivity contribution in [2.24, 2.45) is 0 Å². The van der Waals surface area contributed by atoms with Crippen molar-refractivity contribution >= 4 is 11.6 Å². The normalized spacial score (nSPS) is 10.4.